The highest BCUT2D eigenvalue weighted by atomic mass is 19.1. The van der Waals surface area contributed by atoms with Crippen molar-refractivity contribution in [3.63, 3.8) is 0 Å². The number of ether oxygens (including phenoxy) is 1. The van der Waals surface area contributed by atoms with Crippen molar-refractivity contribution in [3.8, 4) is 0 Å². The van der Waals surface area contributed by atoms with Crippen LogP contribution in [0.3, 0.4) is 0 Å². The van der Waals surface area contributed by atoms with Gasteiger partial charge < -0.3 is 14.5 Å². The summed E-state index contributed by atoms with van der Waals surface area (Å²) >= 11 is 0. The Kier molecular flexibility index (Phi) is 4.77. The van der Waals surface area contributed by atoms with Gasteiger partial charge in [0.1, 0.15) is 17.9 Å². The standard InChI is InChI=1S/C23H21F3N2O3/c24-15-6-7-17(25)16(12-15)21(29)27-11-10-23(19(26)13-27)22(30)28-18(8-9-20(28)31-23)14-4-2-1-3-5-14/h1-7,12,18-20H,8-11,13H2/t18-,19?,20+,23?/m0/s1. The van der Waals surface area contributed by atoms with Crippen molar-refractivity contribution >= 4 is 11.8 Å². The molecule has 3 saturated heterocycles. The van der Waals surface area contributed by atoms with Crippen LogP contribution in [0.2, 0.25) is 0 Å². The molecular formula is C23H21F3N2O3. The largest absolute Gasteiger partial charge is 0.339 e. The fourth-order valence-electron chi connectivity index (χ4n) is 4.96. The van der Waals surface area contributed by atoms with Crippen LogP contribution in [0.15, 0.2) is 48.5 Å². The first-order valence-electron chi connectivity index (χ1n) is 10.3. The molecule has 1 spiro atoms. The van der Waals surface area contributed by atoms with E-state index in [1.807, 2.05) is 30.3 Å². The molecule has 2 aromatic rings. The van der Waals surface area contributed by atoms with Crippen molar-refractivity contribution in [2.24, 2.45) is 0 Å². The molecule has 4 atom stereocenters. The first-order chi connectivity index (χ1) is 14.9. The fourth-order valence-corrected chi connectivity index (χ4v) is 4.96. The molecule has 162 valence electrons. The smallest absolute Gasteiger partial charge is 0.260 e. The zero-order valence-electron chi connectivity index (χ0n) is 16.6. The molecule has 0 aromatic heterocycles. The van der Waals surface area contributed by atoms with Crippen LogP contribution < -0.4 is 0 Å². The van der Waals surface area contributed by atoms with E-state index in [1.165, 1.54) is 0 Å². The van der Waals surface area contributed by atoms with Crippen LogP contribution in [-0.4, -0.2) is 52.7 Å². The van der Waals surface area contributed by atoms with Crippen molar-refractivity contribution in [3.05, 3.63) is 71.3 Å². The van der Waals surface area contributed by atoms with E-state index in [9.17, 15) is 18.4 Å². The van der Waals surface area contributed by atoms with Gasteiger partial charge in [-0.15, -0.1) is 0 Å². The number of carbonyl (C=O) groups is 2. The van der Waals surface area contributed by atoms with Gasteiger partial charge in [-0.25, -0.2) is 13.2 Å². The molecule has 2 amide bonds. The van der Waals surface area contributed by atoms with Crippen LogP contribution in [0, 0.1) is 11.6 Å². The van der Waals surface area contributed by atoms with Crippen LogP contribution in [0.25, 0.3) is 0 Å². The number of carbonyl (C=O) groups excluding carboxylic acids is 2. The van der Waals surface area contributed by atoms with Gasteiger partial charge in [0.2, 0.25) is 0 Å². The summed E-state index contributed by atoms with van der Waals surface area (Å²) < 4.78 is 48.9. The lowest BCUT2D eigenvalue weighted by Crippen LogP contribution is -2.59. The molecule has 5 nitrogen and oxygen atoms in total. The van der Waals surface area contributed by atoms with Crippen LogP contribution in [0.4, 0.5) is 13.2 Å². The van der Waals surface area contributed by atoms with E-state index in [2.05, 4.69) is 0 Å². The van der Waals surface area contributed by atoms with E-state index in [0.717, 1.165) is 35.1 Å². The van der Waals surface area contributed by atoms with Crippen molar-refractivity contribution in [1.29, 1.82) is 0 Å². The lowest BCUT2D eigenvalue weighted by Gasteiger charge is -2.40. The van der Waals surface area contributed by atoms with Gasteiger partial charge in [0.25, 0.3) is 11.8 Å². The Morgan fingerprint density at radius 1 is 1.10 bits per heavy atom. The second-order valence-corrected chi connectivity index (χ2v) is 8.27. The molecule has 2 unspecified atom stereocenters. The molecule has 0 bridgehead atoms. The van der Waals surface area contributed by atoms with Crippen LogP contribution in [0.1, 0.15) is 41.2 Å². The van der Waals surface area contributed by atoms with Crippen LogP contribution in [0.5, 0.6) is 0 Å². The summed E-state index contributed by atoms with van der Waals surface area (Å²) in [6.07, 6.45) is -0.965. The first-order valence-corrected chi connectivity index (χ1v) is 10.3. The third-order valence-corrected chi connectivity index (χ3v) is 6.55. The third kappa shape index (κ3) is 3.12. The number of amides is 2. The van der Waals surface area contributed by atoms with Crippen LogP contribution >= 0.6 is 0 Å². The van der Waals surface area contributed by atoms with Crippen molar-refractivity contribution in [2.75, 3.05) is 13.1 Å². The van der Waals surface area contributed by atoms with Gasteiger partial charge in [-0.2, -0.15) is 0 Å². The Morgan fingerprint density at radius 2 is 1.87 bits per heavy atom. The molecule has 8 heteroatoms. The predicted molar refractivity (Wildman–Crippen MR) is 105 cm³/mol. The number of halogens is 3. The zero-order valence-corrected chi connectivity index (χ0v) is 16.6. The molecule has 5 rings (SSSR count). The molecule has 3 heterocycles. The Bertz CT molecular complexity index is 1030. The minimum absolute atomic E-state index is 0.0114. The molecule has 2 aromatic carbocycles. The quantitative estimate of drug-likeness (QED) is 0.732. The summed E-state index contributed by atoms with van der Waals surface area (Å²) in [6, 6.07) is 12.0. The van der Waals surface area contributed by atoms with E-state index in [1.54, 1.807) is 4.90 Å². The second-order valence-electron chi connectivity index (χ2n) is 8.27. The summed E-state index contributed by atoms with van der Waals surface area (Å²) in [5, 5.41) is 0. The summed E-state index contributed by atoms with van der Waals surface area (Å²) in [5.74, 6) is -2.83. The summed E-state index contributed by atoms with van der Waals surface area (Å²) in [4.78, 5) is 28.7. The monoisotopic (exact) mass is 430 g/mol. The number of rotatable bonds is 2. The van der Waals surface area contributed by atoms with E-state index >= 15 is 4.39 Å². The molecule has 0 aliphatic carbocycles. The van der Waals surface area contributed by atoms with Gasteiger partial charge in [-0.3, -0.25) is 9.59 Å². The van der Waals surface area contributed by atoms with Crippen molar-refractivity contribution in [1.82, 2.24) is 9.80 Å². The van der Waals surface area contributed by atoms with E-state index < -0.39 is 53.6 Å². The molecular weight excluding hydrogens is 409 g/mol. The maximum atomic E-state index is 15.4. The third-order valence-electron chi connectivity index (χ3n) is 6.55. The van der Waals surface area contributed by atoms with E-state index in [4.69, 9.17) is 4.74 Å². The minimum Gasteiger partial charge on any atom is -0.339 e. The molecule has 3 fully saturated rings. The number of benzene rings is 2. The number of piperidine rings is 1. The van der Waals surface area contributed by atoms with Gasteiger partial charge >= 0.3 is 0 Å². The highest BCUT2D eigenvalue weighted by Crippen LogP contribution is 2.48. The van der Waals surface area contributed by atoms with Gasteiger partial charge in [0, 0.05) is 13.0 Å². The average molecular weight is 430 g/mol. The maximum Gasteiger partial charge on any atom is 0.260 e. The predicted octanol–water partition coefficient (Wildman–Crippen LogP) is 3.61. The van der Waals surface area contributed by atoms with Crippen molar-refractivity contribution < 1.29 is 27.5 Å². The maximum absolute atomic E-state index is 15.4. The van der Waals surface area contributed by atoms with Gasteiger partial charge in [-0.05, 0) is 36.6 Å². The topological polar surface area (TPSA) is 49.9 Å². The highest BCUT2D eigenvalue weighted by Gasteiger charge is 2.62. The summed E-state index contributed by atoms with van der Waals surface area (Å²) in [7, 11) is 0. The molecule has 3 aliphatic rings. The average Bonchev–Trinajstić information content (AvgIpc) is 3.30. The lowest BCUT2D eigenvalue weighted by atomic mass is 9.87. The van der Waals surface area contributed by atoms with Gasteiger partial charge in [0.05, 0.1) is 18.2 Å². The highest BCUT2D eigenvalue weighted by molar-refractivity contribution is 5.95. The number of nitrogens with zero attached hydrogens (tertiary/aromatic N) is 2. The van der Waals surface area contributed by atoms with Gasteiger partial charge in [-0.1, -0.05) is 30.3 Å². The summed E-state index contributed by atoms with van der Waals surface area (Å²) in [5.41, 5.74) is -1.12. The van der Waals surface area contributed by atoms with Crippen LogP contribution in [-0.2, 0) is 9.53 Å². The normalized spacial score (nSPS) is 30.2. The van der Waals surface area contributed by atoms with E-state index in [-0.39, 0.29) is 19.0 Å². The van der Waals surface area contributed by atoms with E-state index in [0.29, 0.717) is 6.42 Å². The molecule has 0 N–H and O–H groups in total. The first kappa shape index (κ1) is 20.1. The number of hydrogen-bond acceptors (Lipinski definition) is 3. The number of likely N-dealkylation sites (tertiary alicyclic amines) is 1. The Labute approximate surface area is 177 Å². The zero-order chi connectivity index (χ0) is 21.8. The number of hydrogen-bond donors (Lipinski definition) is 0. The summed E-state index contributed by atoms with van der Waals surface area (Å²) in [6.45, 7) is -0.408. The SMILES string of the molecule is O=C(c1cc(F)ccc1F)N1CCC2(O[C@@H]3CC[C@@H](c4ccccc4)N3C2=O)C(F)C1. The number of alkyl halides is 1. The van der Waals surface area contributed by atoms with Crippen molar-refractivity contribution in [2.45, 2.75) is 43.3 Å². The van der Waals surface area contributed by atoms with Gasteiger partial charge in [0.15, 0.2) is 11.8 Å². The minimum atomic E-state index is -1.77. The molecule has 3 aliphatic heterocycles. The Morgan fingerprint density at radius 3 is 2.61 bits per heavy atom. The molecule has 0 saturated carbocycles. The Hall–Kier alpha value is -2.87. The fraction of sp³-hybridized carbons (Fsp3) is 0.391. The molecule has 0 radical (unpaired) electrons. The molecule has 31 heavy (non-hydrogen) atoms. The Balaban J connectivity index is 1.35. The second kappa shape index (κ2) is 7.37. The lowest BCUT2D eigenvalue weighted by molar-refractivity contribution is -0.153. The number of fused-ring (bicyclic) bond motifs is 1.